The maximum Gasteiger partial charge on any atom is 0.352 e. The Kier molecular flexibility index (Phi) is 8.25. The summed E-state index contributed by atoms with van der Waals surface area (Å²) in [6.07, 6.45) is 4.20. The second-order valence-electron chi connectivity index (χ2n) is 8.44. The van der Waals surface area contributed by atoms with Gasteiger partial charge in [-0.2, -0.15) is 0 Å². The van der Waals surface area contributed by atoms with E-state index in [4.69, 9.17) is 9.84 Å². The highest BCUT2D eigenvalue weighted by Gasteiger charge is 2.23. The van der Waals surface area contributed by atoms with Crippen molar-refractivity contribution in [3.63, 3.8) is 0 Å². The van der Waals surface area contributed by atoms with Gasteiger partial charge in [0.25, 0.3) is 5.56 Å². The number of aromatic amines is 1. The van der Waals surface area contributed by atoms with Crippen molar-refractivity contribution in [1.82, 2.24) is 9.71 Å². The third-order valence-electron chi connectivity index (χ3n) is 5.56. The van der Waals surface area contributed by atoms with Gasteiger partial charge >= 0.3 is 5.97 Å². The molecule has 0 radical (unpaired) electrons. The number of carboxylic acids is 1. The maximum absolute atomic E-state index is 14.0. The Morgan fingerprint density at radius 1 is 1.24 bits per heavy atom. The number of ether oxygens (including phenoxy) is 1. The van der Waals surface area contributed by atoms with Crippen LogP contribution in [0.1, 0.15) is 66.7 Å². The molecule has 3 N–H and O–H groups in total. The number of aryl methyl sites for hydroxylation is 1. The summed E-state index contributed by atoms with van der Waals surface area (Å²) in [6, 6.07) is 6.65. The number of rotatable bonds is 13. The quantitative estimate of drug-likeness (QED) is 0.377. The van der Waals surface area contributed by atoms with E-state index in [0.717, 1.165) is 12.8 Å². The topological polar surface area (TPSA) is 126 Å². The number of nitrogens with one attached hydrogen (secondary N) is 2. The second-order valence-corrected chi connectivity index (χ2v) is 10.3. The fourth-order valence-electron chi connectivity index (χ4n) is 3.40. The molecule has 0 bridgehead atoms. The zero-order valence-electron chi connectivity index (χ0n) is 18.5. The first kappa shape index (κ1) is 24.9. The van der Waals surface area contributed by atoms with Crippen molar-refractivity contribution in [3.05, 3.63) is 63.3 Å². The van der Waals surface area contributed by atoms with Crippen molar-refractivity contribution in [1.29, 1.82) is 0 Å². The van der Waals surface area contributed by atoms with E-state index >= 15 is 0 Å². The summed E-state index contributed by atoms with van der Waals surface area (Å²) in [5.74, 6) is -1.12. The minimum Gasteiger partial charge on any atom is -0.490 e. The number of H-pyrrole nitrogens is 1. The summed E-state index contributed by atoms with van der Waals surface area (Å²) in [6.45, 7) is 2.17. The molecule has 0 amide bonds. The van der Waals surface area contributed by atoms with Gasteiger partial charge < -0.3 is 14.8 Å². The zero-order chi connectivity index (χ0) is 24.0. The van der Waals surface area contributed by atoms with E-state index in [1.54, 1.807) is 13.0 Å². The molecule has 3 rings (SSSR count). The van der Waals surface area contributed by atoms with Crippen LogP contribution in [0, 0.1) is 11.7 Å². The molecule has 0 aliphatic heterocycles. The van der Waals surface area contributed by atoms with Crippen molar-refractivity contribution in [2.45, 2.75) is 51.5 Å². The van der Waals surface area contributed by atoms with Crippen LogP contribution < -0.4 is 15.0 Å². The van der Waals surface area contributed by atoms with Gasteiger partial charge in [0, 0.05) is 11.6 Å². The lowest BCUT2D eigenvalue weighted by molar-refractivity contribution is 0.0690. The van der Waals surface area contributed by atoms with E-state index in [0.29, 0.717) is 49.3 Å². The van der Waals surface area contributed by atoms with E-state index in [1.807, 2.05) is 0 Å². The average molecular weight is 481 g/mol. The average Bonchev–Trinajstić information content (AvgIpc) is 3.57. The van der Waals surface area contributed by atoms with Gasteiger partial charge in [-0.05, 0) is 68.7 Å². The number of unbranched alkanes of at least 4 members (excludes halogenated alkanes) is 2. The number of sulfonamides is 1. The molecule has 1 saturated carbocycles. The predicted octanol–water partition coefficient (Wildman–Crippen LogP) is 3.39. The Morgan fingerprint density at radius 2 is 2.00 bits per heavy atom. The molecule has 180 valence electrons. The molecule has 0 unspecified atom stereocenters. The summed E-state index contributed by atoms with van der Waals surface area (Å²) < 4.78 is 47.0. The molecular formula is C23H29FN2O6S. The standard InChI is InChI=1S/C23H29FN2O6S/c1-15(18-8-10-19(24)21(13-18)32-14-16-6-7-16)26-33(30,31)12-4-2-3-5-17-9-11-20(23(28)29)25-22(17)27/h8-11,13,15-16,26H,2-7,12,14H2,1H3,(H,25,27)(H,28,29)/t15-/m1/s1. The zero-order valence-corrected chi connectivity index (χ0v) is 19.3. The number of benzene rings is 1. The lowest BCUT2D eigenvalue weighted by Crippen LogP contribution is -2.29. The van der Waals surface area contributed by atoms with Crippen LogP contribution in [0.25, 0.3) is 0 Å². The molecule has 8 nitrogen and oxygen atoms in total. The third-order valence-corrected chi connectivity index (χ3v) is 7.10. The Labute approximate surface area is 192 Å². The van der Waals surface area contributed by atoms with Crippen molar-refractivity contribution < 1.29 is 27.4 Å². The van der Waals surface area contributed by atoms with Crippen molar-refractivity contribution in [2.75, 3.05) is 12.4 Å². The molecule has 1 fully saturated rings. The van der Waals surface area contributed by atoms with Gasteiger partial charge in [0.05, 0.1) is 12.4 Å². The number of pyridine rings is 1. The van der Waals surface area contributed by atoms with Gasteiger partial charge in [0.2, 0.25) is 10.0 Å². The van der Waals surface area contributed by atoms with Crippen molar-refractivity contribution in [2.24, 2.45) is 5.92 Å². The van der Waals surface area contributed by atoms with Crippen LogP contribution in [0.4, 0.5) is 4.39 Å². The monoisotopic (exact) mass is 480 g/mol. The van der Waals surface area contributed by atoms with Crippen molar-refractivity contribution >= 4 is 16.0 Å². The van der Waals surface area contributed by atoms with E-state index < -0.39 is 33.4 Å². The fraction of sp³-hybridized carbons (Fsp3) is 0.478. The number of carboxylic acid groups (broad SMARTS) is 1. The summed E-state index contributed by atoms with van der Waals surface area (Å²) in [5, 5.41) is 8.87. The Balaban J connectivity index is 1.44. The summed E-state index contributed by atoms with van der Waals surface area (Å²) in [5.41, 5.74) is 0.469. The van der Waals surface area contributed by atoms with Gasteiger partial charge in [0.15, 0.2) is 11.6 Å². The highest BCUT2D eigenvalue weighted by atomic mass is 32.2. The number of hydrogen-bond donors (Lipinski definition) is 3. The lowest BCUT2D eigenvalue weighted by Gasteiger charge is -2.16. The van der Waals surface area contributed by atoms with Crippen LogP contribution in [0.15, 0.2) is 35.1 Å². The number of carbonyl (C=O) groups is 1. The number of aromatic nitrogens is 1. The molecule has 1 heterocycles. The smallest absolute Gasteiger partial charge is 0.352 e. The number of aromatic carboxylic acids is 1. The first-order chi connectivity index (χ1) is 15.6. The van der Waals surface area contributed by atoms with E-state index in [-0.39, 0.29) is 17.2 Å². The van der Waals surface area contributed by atoms with Crippen LogP contribution >= 0.6 is 0 Å². The first-order valence-corrected chi connectivity index (χ1v) is 12.7. The van der Waals surface area contributed by atoms with Crippen LogP contribution in [-0.4, -0.2) is 36.8 Å². The summed E-state index contributed by atoms with van der Waals surface area (Å²) >= 11 is 0. The van der Waals surface area contributed by atoms with Crippen LogP contribution in [0.3, 0.4) is 0 Å². The SMILES string of the molecule is C[C@@H](NS(=O)(=O)CCCCCc1ccc(C(=O)O)[nH]c1=O)c1ccc(F)c(OCC2CC2)c1. The van der Waals surface area contributed by atoms with Crippen LogP contribution in [0.5, 0.6) is 5.75 Å². The Morgan fingerprint density at radius 3 is 2.67 bits per heavy atom. The van der Waals surface area contributed by atoms with Gasteiger partial charge in [0.1, 0.15) is 5.69 Å². The van der Waals surface area contributed by atoms with Crippen LogP contribution in [-0.2, 0) is 16.4 Å². The molecular weight excluding hydrogens is 451 g/mol. The molecule has 0 saturated heterocycles. The Bertz CT molecular complexity index is 1140. The summed E-state index contributed by atoms with van der Waals surface area (Å²) in [4.78, 5) is 25.1. The summed E-state index contributed by atoms with van der Waals surface area (Å²) in [7, 11) is -3.55. The highest BCUT2D eigenvalue weighted by molar-refractivity contribution is 7.89. The number of hydrogen-bond acceptors (Lipinski definition) is 5. The molecule has 33 heavy (non-hydrogen) atoms. The minimum atomic E-state index is -3.55. The molecule has 1 aliphatic carbocycles. The van der Waals surface area contributed by atoms with Gasteiger partial charge in [-0.15, -0.1) is 0 Å². The molecule has 10 heteroatoms. The minimum absolute atomic E-state index is 0.0715. The number of halogens is 1. The van der Waals surface area contributed by atoms with E-state index in [2.05, 4.69) is 9.71 Å². The normalized spacial score (nSPS) is 14.7. The molecule has 2 aromatic rings. The molecule has 1 aromatic carbocycles. The molecule has 1 aromatic heterocycles. The second kappa shape index (κ2) is 10.9. The molecule has 0 spiro atoms. The maximum atomic E-state index is 14.0. The van der Waals surface area contributed by atoms with Gasteiger partial charge in [-0.1, -0.05) is 18.6 Å². The van der Waals surface area contributed by atoms with E-state index in [1.165, 1.54) is 24.3 Å². The molecule has 1 aliphatic rings. The van der Waals surface area contributed by atoms with Gasteiger partial charge in [-0.25, -0.2) is 22.3 Å². The lowest BCUT2D eigenvalue weighted by atomic mass is 10.1. The highest BCUT2D eigenvalue weighted by Crippen LogP contribution is 2.31. The van der Waals surface area contributed by atoms with Crippen molar-refractivity contribution in [3.8, 4) is 5.75 Å². The molecule has 1 atom stereocenters. The Hall–Kier alpha value is -2.72. The first-order valence-electron chi connectivity index (χ1n) is 11.0. The third kappa shape index (κ3) is 7.68. The van der Waals surface area contributed by atoms with Crippen LogP contribution in [0.2, 0.25) is 0 Å². The van der Waals surface area contributed by atoms with E-state index in [9.17, 15) is 22.4 Å². The fourth-order valence-corrected chi connectivity index (χ4v) is 4.77. The van der Waals surface area contributed by atoms with Gasteiger partial charge in [-0.3, -0.25) is 4.79 Å². The predicted molar refractivity (Wildman–Crippen MR) is 122 cm³/mol. The largest absolute Gasteiger partial charge is 0.490 e.